The van der Waals surface area contributed by atoms with Gasteiger partial charge in [0.15, 0.2) is 5.96 Å². The normalized spacial score (nSPS) is 22.4. The molecule has 3 rings (SSSR count). The van der Waals surface area contributed by atoms with Gasteiger partial charge in [0.2, 0.25) is 0 Å². The molecule has 2 N–H and O–H groups in total. The number of nitrogens with one attached hydrogen (secondary N) is 2. The standard InChI is InChI=1S/C20H31FN4.HI/c1-3-25-11-5-6-16(14-25)13-23-19(22-2)24-15-20(9-10-20)17-7-4-8-18(21)12-17;/h4,7-8,12,16H,3,5-6,9-11,13-15H2,1-2H3,(H2,22,23,24);1H. The zero-order chi connectivity index (χ0) is 17.7. The van der Waals surface area contributed by atoms with Crippen LogP contribution < -0.4 is 10.6 Å². The van der Waals surface area contributed by atoms with Crippen molar-refractivity contribution in [2.45, 2.75) is 38.0 Å². The van der Waals surface area contributed by atoms with Gasteiger partial charge >= 0.3 is 0 Å². The monoisotopic (exact) mass is 474 g/mol. The summed E-state index contributed by atoms with van der Waals surface area (Å²) in [6, 6.07) is 7.03. The van der Waals surface area contributed by atoms with Crippen LogP contribution in [-0.4, -0.2) is 50.6 Å². The van der Waals surface area contributed by atoms with E-state index in [1.165, 1.54) is 32.0 Å². The first kappa shape index (κ1) is 21.4. The van der Waals surface area contributed by atoms with Gasteiger partial charge in [-0.05, 0) is 62.4 Å². The van der Waals surface area contributed by atoms with Crippen LogP contribution in [0.2, 0.25) is 0 Å². The van der Waals surface area contributed by atoms with Crippen molar-refractivity contribution in [1.82, 2.24) is 15.5 Å². The van der Waals surface area contributed by atoms with Crippen LogP contribution >= 0.6 is 24.0 Å². The molecule has 1 saturated carbocycles. The average Bonchev–Trinajstić information content (AvgIpc) is 3.43. The molecule has 6 heteroatoms. The highest BCUT2D eigenvalue weighted by atomic mass is 127. The first-order valence-electron chi connectivity index (χ1n) is 9.58. The van der Waals surface area contributed by atoms with Crippen LogP contribution in [0.4, 0.5) is 4.39 Å². The van der Waals surface area contributed by atoms with E-state index in [0.717, 1.165) is 44.0 Å². The van der Waals surface area contributed by atoms with Crippen molar-refractivity contribution in [3.63, 3.8) is 0 Å². The Morgan fingerprint density at radius 3 is 2.81 bits per heavy atom. The molecule has 146 valence electrons. The zero-order valence-corrected chi connectivity index (χ0v) is 18.3. The van der Waals surface area contributed by atoms with E-state index in [4.69, 9.17) is 0 Å². The minimum atomic E-state index is -0.149. The highest BCUT2D eigenvalue weighted by Gasteiger charge is 2.44. The summed E-state index contributed by atoms with van der Waals surface area (Å²) in [6.07, 6.45) is 4.78. The van der Waals surface area contributed by atoms with E-state index in [-0.39, 0.29) is 35.2 Å². The van der Waals surface area contributed by atoms with Crippen molar-refractivity contribution >= 4 is 29.9 Å². The minimum absolute atomic E-state index is 0. The second kappa shape index (κ2) is 9.88. The van der Waals surface area contributed by atoms with Crippen LogP contribution in [0.1, 0.15) is 38.2 Å². The molecule has 2 aliphatic rings. The molecule has 1 unspecified atom stereocenters. The van der Waals surface area contributed by atoms with Gasteiger partial charge in [-0.2, -0.15) is 0 Å². The average molecular weight is 474 g/mol. The molecule has 1 atom stereocenters. The van der Waals surface area contributed by atoms with Crippen LogP contribution in [0.15, 0.2) is 29.3 Å². The van der Waals surface area contributed by atoms with Gasteiger partial charge < -0.3 is 15.5 Å². The third-order valence-electron chi connectivity index (χ3n) is 5.72. The number of benzene rings is 1. The van der Waals surface area contributed by atoms with E-state index in [2.05, 4.69) is 27.4 Å². The van der Waals surface area contributed by atoms with Crippen molar-refractivity contribution in [2.75, 3.05) is 39.8 Å². The maximum atomic E-state index is 13.5. The zero-order valence-electron chi connectivity index (χ0n) is 15.9. The van der Waals surface area contributed by atoms with Crippen molar-refractivity contribution in [2.24, 2.45) is 10.9 Å². The van der Waals surface area contributed by atoms with Crippen molar-refractivity contribution < 1.29 is 4.39 Å². The number of aliphatic imine (C=N–C) groups is 1. The molecular formula is C20H32FIN4. The third-order valence-corrected chi connectivity index (χ3v) is 5.72. The molecule has 0 bridgehead atoms. The molecular weight excluding hydrogens is 442 g/mol. The van der Waals surface area contributed by atoms with Crippen molar-refractivity contribution in [1.29, 1.82) is 0 Å². The van der Waals surface area contributed by atoms with E-state index < -0.39 is 0 Å². The summed E-state index contributed by atoms with van der Waals surface area (Å²) in [4.78, 5) is 6.88. The van der Waals surface area contributed by atoms with Crippen molar-refractivity contribution in [3.8, 4) is 0 Å². The number of rotatable bonds is 6. The van der Waals surface area contributed by atoms with E-state index >= 15 is 0 Å². The fraction of sp³-hybridized carbons (Fsp3) is 0.650. The number of likely N-dealkylation sites (tertiary alicyclic amines) is 1. The van der Waals surface area contributed by atoms with Crippen molar-refractivity contribution in [3.05, 3.63) is 35.6 Å². The lowest BCUT2D eigenvalue weighted by Crippen LogP contribution is -2.45. The van der Waals surface area contributed by atoms with Gasteiger partial charge in [0.1, 0.15) is 5.82 Å². The smallest absolute Gasteiger partial charge is 0.191 e. The van der Waals surface area contributed by atoms with Gasteiger partial charge in [0, 0.05) is 32.1 Å². The lowest BCUT2D eigenvalue weighted by Gasteiger charge is -2.32. The molecule has 2 fully saturated rings. The molecule has 4 nitrogen and oxygen atoms in total. The molecule has 1 saturated heterocycles. The maximum absolute atomic E-state index is 13.5. The summed E-state index contributed by atoms with van der Waals surface area (Å²) in [5, 5.41) is 6.94. The van der Waals surface area contributed by atoms with Crippen LogP contribution in [0, 0.1) is 11.7 Å². The SMILES string of the molecule is CCN1CCCC(CNC(=NC)NCC2(c3cccc(F)c3)CC2)C1.I. The number of hydrogen-bond acceptors (Lipinski definition) is 2. The lowest BCUT2D eigenvalue weighted by atomic mass is 9.96. The minimum Gasteiger partial charge on any atom is -0.356 e. The van der Waals surface area contributed by atoms with E-state index in [0.29, 0.717) is 5.92 Å². The Bertz CT molecular complexity index is 603. The number of hydrogen-bond donors (Lipinski definition) is 2. The molecule has 1 aromatic carbocycles. The highest BCUT2D eigenvalue weighted by molar-refractivity contribution is 14.0. The topological polar surface area (TPSA) is 39.7 Å². The quantitative estimate of drug-likeness (QED) is 0.378. The summed E-state index contributed by atoms with van der Waals surface area (Å²) in [5.41, 5.74) is 1.17. The highest BCUT2D eigenvalue weighted by Crippen LogP contribution is 2.47. The molecule has 1 aliphatic heterocycles. The molecule has 1 aromatic rings. The summed E-state index contributed by atoms with van der Waals surface area (Å²) < 4.78 is 13.5. The number of nitrogens with zero attached hydrogens (tertiary/aromatic N) is 2. The second-order valence-corrected chi connectivity index (χ2v) is 7.50. The largest absolute Gasteiger partial charge is 0.356 e. The van der Waals surface area contributed by atoms with Gasteiger partial charge in [-0.3, -0.25) is 4.99 Å². The van der Waals surface area contributed by atoms with Gasteiger partial charge in [-0.15, -0.1) is 24.0 Å². The Morgan fingerprint density at radius 2 is 2.15 bits per heavy atom. The molecule has 1 aliphatic carbocycles. The molecule has 0 aromatic heterocycles. The lowest BCUT2D eigenvalue weighted by molar-refractivity contribution is 0.183. The predicted octanol–water partition coefficient (Wildman–Crippen LogP) is 3.37. The van der Waals surface area contributed by atoms with E-state index in [1.807, 2.05) is 13.1 Å². The molecule has 0 amide bonds. The van der Waals surface area contributed by atoms with Crippen LogP contribution in [0.5, 0.6) is 0 Å². The Morgan fingerprint density at radius 1 is 1.35 bits per heavy atom. The first-order valence-corrected chi connectivity index (χ1v) is 9.58. The van der Waals surface area contributed by atoms with Crippen LogP contribution in [0.25, 0.3) is 0 Å². The van der Waals surface area contributed by atoms with Gasteiger partial charge in [0.05, 0.1) is 0 Å². The van der Waals surface area contributed by atoms with Gasteiger partial charge in [-0.25, -0.2) is 4.39 Å². The summed E-state index contributed by atoms with van der Waals surface area (Å²) in [7, 11) is 1.82. The van der Waals surface area contributed by atoms with Crippen LogP contribution in [-0.2, 0) is 5.41 Å². The second-order valence-electron chi connectivity index (χ2n) is 7.50. The molecule has 0 radical (unpaired) electrons. The van der Waals surface area contributed by atoms with Crippen LogP contribution in [0.3, 0.4) is 0 Å². The van der Waals surface area contributed by atoms with E-state index in [9.17, 15) is 4.39 Å². The Labute approximate surface area is 174 Å². The van der Waals surface area contributed by atoms with E-state index in [1.54, 1.807) is 12.1 Å². The summed E-state index contributed by atoms with van der Waals surface area (Å²) >= 11 is 0. The summed E-state index contributed by atoms with van der Waals surface area (Å²) in [5.74, 6) is 1.39. The third kappa shape index (κ3) is 5.55. The molecule has 26 heavy (non-hydrogen) atoms. The van der Waals surface area contributed by atoms with Gasteiger partial charge in [-0.1, -0.05) is 19.1 Å². The Balaban J connectivity index is 0.00000243. The predicted molar refractivity (Wildman–Crippen MR) is 117 cm³/mol. The fourth-order valence-electron chi connectivity index (χ4n) is 3.86. The fourth-order valence-corrected chi connectivity index (χ4v) is 3.86. The number of piperidine rings is 1. The summed E-state index contributed by atoms with van der Waals surface area (Å²) in [6.45, 7) is 7.55. The Kier molecular flexibility index (Phi) is 8.13. The maximum Gasteiger partial charge on any atom is 0.191 e. The molecule has 0 spiro atoms. The molecule has 1 heterocycles. The van der Waals surface area contributed by atoms with Gasteiger partial charge in [0.25, 0.3) is 0 Å². The Hall–Kier alpha value is -0.890. The number of halogens is 2. The first-order chi connectivity index (χ1) is 12.1. The number of guanidine groups is 1.